The first-order chi connectivity index (χ1) is 14.8. The second-order valence-electron chi connectivity index (χ2n) is 7.36. The van der Waals surface area contributed by atoms with Crippen LogP contribution >= 0.6 is 22.9 Å². The number of amides is 1. The Morgan fingerprint density at radius 1 is 1.03 bits per heavy atom. The number of nitrogens with one attached hydrogen (secondary N) is 1. The minimum absolute atomic E-state index is 0.117. The fourth-order valence-corrected chi connectivity index (χ4v) is 4.77. The Bertz CT molecular complexity index is 1330. The molecule has 0 atom stereocenters. The van der Waals surface area contributed by atoms with Gasteiger partial charge in [0.2, 0.25) is 0 Å². The number of carbonyl (C=O) groups is 2. The van der Waals surface area contributed by atoms with Crippen LogP contribution in [0.25, 0.3) is 21.3 Å². The van der Waals surface area contributed by atoms with Crippen molar-refractivity contribution in [2.24, 2.45) is 0 Å². The molecule has 0 saturated carbocycles. The summed E-state index contributed by atoms with van der Waals surface area (Å²) in [5.74, 6) is -0.429. The smallest absolute Gasteiger partial charge is 0.267 e. The summed E-state index contributed by atoms with van der Waals surface area (Å²) in [5, 5.41) is 4.08. The van der Waals surface area contributed by atoms with E-state index in [4.69, 9.17) is 17.3 Å². The van der Waals surface area contributed by atoms with Gasteiger partial charge in [0.25, 0.3) is 5.91 Å². The van der Waals surface area contributed by atoms with Crippen LogP contribution in [0.2, 0.25) is 5.02 Å². The molecule has 0 saturated heterocycles. The molecule has 1 amide bonds. The lowest BCUT2D eigenvalue weighted by atomic mass is 9.93. The summed E-state index contributed by atoms with van der Waals surface area (Å²) in [6.45, 7) is 5.27. The van der Waals surface area contributed by atoms with Crippen molar-refractivity contribution in [2.45, 2.75) is 20.8 Å². The summed E-state index contributed by atoms with van der Waals surface area (Å²) in [6.07, 6.45) is 0. The number of halogens is 1. The summed E-state index contributed by atoms with van der Waals surface area (Å²) in [6, 6.07) is 14.7. The van der Waals surface area contributed by atoms with Crippen molar-refractivity contribution in [3.05, 3.63) is 75.3 Å². The molecule has 3 N–H and O–H groups in total. The van der Waals surface area contributed by atoms with Crippen LogP contribution in [0, 0.1) is 13.8 Å². The van der Waals surface area contributed by atoms with E-state index in [1.54, 1.807) is 19.1 Å². The third-order valence-corrected chi connectivity index (χ3v) is 6.41. The number of thiophene rings is 1. The van der Waals surface area contributed by atoms with Gasteiger partial charge in [-0.2, -0.15) is 0 Å². The molecule has 0 aliphatic rings. The van der Waals surface area contributed by atoms with Crippen LogP contribution in [0.5, 0.6) is 0 Å². The Balaban J connectivity index is 1.91. The predicted molar refractivity (Wildman–Crippen MR) is 128 cm³/mol. The lowest BCUT2D eigenvalue weighted by molar-refractivity contribution is 0.101. The molecule has 0 bridgehead atoms. The number of nitrogen functional groups attached to an aromatic ring is 1. The van der Waals surface area contributed by atoms with E-state index in [0.29, 0.717) is 48.3 Å². The Morgan fingerprint density at radius 3 is 2.29 bits per heavy atom. The van der Waals surface area contributed by atoms with Crippen LogP contribution in [-0.4, -0.2) is 16.7 Å². The van der Waals surface area contributed by atoms with E-state index in [0.717, 1.165) is 11.1 Å². The maximum atomic E-state index is 13.0. The van der Waals surface area contributed by atoms with Crippen molar-refractivity contribution in [1.82, 2.24) is 4.98 Å². The van der Waals surface area contributed by atoms with Crippen molar-refractivity contribution in [3.63, 3.8) is 0 Å². The van der Waals surface area contributed by atoms with E-state index in [9.17, 15) is 9.59 Å². The average molecular weight is 450 g/mol. The second kappa shape index (κ2) is 8.13. The maximum absolute atomic E-state index is 13.0. The molecule has 0 spiro atoms. The number of pyridine rings is 1. The van der Waals surface area contributed by atoms with Crippen molar-refractivity contribution in [2.75, 3.05) is 11.1 Å². The highest BCUT2D eigenvalue weighted by molar-refractivity contribution is 7.21. The molecule has 0 radical (unpaired) electrons. The number of rotatable bonds is 4. The van der Waals surface area contributed by atoms with E-state index in [-0.39, 0.29) is 11.7 Å². The van der Waals surface area contributed by atoms with Crippen molar-refractivity contribution < 1.29 is 9.59 Å². The first-order valence-corrected chi connectivity index (χ1v) is 10.8. The summed E-state index contributed by atoms with van der Waals surface area (Å²) < 4.78 is 0. The number of aryl methyl sites for hydroxylation is 2. The van der Waals surface area contributed by atoms with Crippen LogP contribution in [0.1, 0.15) is 38.2 Å². The lowest BCUT2D eigenvalue weighted by Gasteiger charge is -2.13. The van der Waals surface area contributed by atoms with Gasteiger partial charge in [-0.1, -0.05) is 41.4 Å². The number of hydrogen-bond acceptors (Lipinski definition) is 5. The van der Waals surface area contributed by atoms with Gasteiger partial charge in [-0.05, 0) is 50.6 Å². The fourth-order valence-electron chi connectivity index (χ4n) is 3.60. The number of hydrogen-bond donors (Lipinski definition) is 2. The summed E-state index contributed by atoms with van der Waals surface area (Å²) >= 11 is 7.28. The van der Waals surface area contributed by atoms with Crippen LogP contribution in [0.4, 0.5) is 11.4 Å². The molecular weight excluding hydrogens is 430 g/mol. The van der Waals surface area contributed by atoms with Crippen LogP contribution in [-0.2, 0) is 0 Å². The summed E-state index contributed by atoms with van der Waals surface area (Å²) in [5.41, 5.74) is 11.1. The van der Waals surface area contributed by atoms with E-state index >= 15 is 0 Å². The van der Waals surface area contributed by atoms with Crippen LogP contribution in [0.3, 0.4) is 0 Å². The average Bonchev–Trinajstić information content (AvgIpc) is 3.05. The molecule has 2 aromatic heterocycles. The van der Waals surface area contributed by atoms with Gasteiger partial charge in [0.15, 0.2) is 5.78 Å². The zero-order chi connectivity index (χ0) is 22.3. The van der Waals surface area contributed by atoms with Crippen LogP contribution < -0.4 is 11.1 Å². The molecule has 2 aromatic carbocycles. The summed E-state index contributed by atoms with van der Waals surface area (Å²) in [7, 11) is 0. The molecule has 0 aliphatic heterocycles. The van der Waals surface area contributed by atoms with Crippen molar-refractivity contribution >= 4 is 56.2 Å². The zero-order valence-corrected chi connectivity index (χ0v) is 18.8. The molecule has 0 aliphatic carbocycles. The van der Waals surface area contributed by atoms with E-state index in [2.05, 4.69) is 10.3 Å². The molecule has 7 heteroatoms. The molecule has 0 fully saturated rings. The third-order valence-electron chi connectivity index (χ3n) is 5.06. The van der Waals surface area contributed by atoms with E-state index in [1.165, 1.54) is 18.3 Å². The molecule has 5 nitrogen and oxygen atoms in total. The zero-order valence-electron chi connectivity index (χ0n) is 17.2. The minimum atomic E-state index is -0.312. The summed E-state index contributed by atoms with van der Waals surface area (Å²) in [4.78, 5) is 31.1. The standard InChI is InChI=1S/C24H20ClN3O2S/c1-12-4-10-17(11-5-12)28-23(30)22-21(26)20-19(15-6-8-16(25)9-7-15)18(14(3)29)13(2)27-24(20)31-22/h4-11H,26H2,1-3H3,(H,28,30). The monoisotopic (exact) mass is 449 g/mol. The first-order valence-electron chi connectivity index (χ1n) is 9.63. The molecular formula is C24H20ClN3O2S. The van der Waals surface area contributed by atoms with Crippen LogP contribution in [0.15, 0.2) is 48.5 Å². The molecule has 4 rings (SSSR count). The number of benzene rings is 2. The maximum Gasteiger partial charge on any atom is 0.267 e. The third kappa shape index (κ3) is 3.92. The molecule has 0 unspecified atom stereocenters. The SMILES string of the molecule is CC(=O)c1c(C)nc2sc(C(=O)Nc3ccc(C)cc3)c(N)c2c1-c1ccc(Cl)cc1. The highest BCUT2D eigenvalue weighted by Gasteiger charge is 2.25. The van der Waals surface area contributed by atoms with Gasteiger partial charge in [-0.15, -0.1) is 11.3 Å². The Hall–Kier alpha value is -3.22. The van der Waals surface area contributed by atoms with E-state index in [1.807, 2.05) is 43.3 Å². The van der Waals surface area contributed by atoms with Gasteiger partial charge in [0, 0.05) is 27.2 Å². The highest BCUT2D eigenvalue weighted by atomic mass is 35.5. The first kappa shape index (κ1) is 21.0. The van der Waals surface area contributed by atoms with Gasteiger partial charge in [0.1, 0.15) is 9.71 Å². The number of nitrogens with two attached hydrogens (primary N) is 1. The number of aromatic nitrogens is 1. The normalized spacial score (nSPS) is 11.0. The predicted octanol–water partition coefficient (Wildman–Crippen LogP) is 6.27. The van der Waals surface area contributed by atoms with E-state index < -0.39 is 0 Å². The lowest BCUT2D eigenvalue weighted by Crippen LogP contribution is -2.12. The van der Waals surface area contributed by atoms with Gasteiger partial charge in [-0.25, -0.2) is 4.98 Å². The van der Waals surface area contributed by atoms with Gasteiger partial charge in [0.05, 0.1) is 11.4 Å². The quantitative estimate of drug-likeness (QED) is 0.359. The molecule has 31 heavy (non-hydrogen) atoms. The number of Topliss-reactive ketones (excluding diaryl/α,β-unsaturated/α-hetero) is 1. The Kier molecular flexibility index (Phi) is 5.52. The molecule has 156 valence electrons. The van der Waals surface area contributed by atoms with Crippen molar-refractivity contribution in [1.29, 1.82) is 0 Å². The second-order valence-corrected chi connectivity index (χ2v) is 8.79. The Morgan fingerprint density at radius 2 is 1.68 bits per heavy atom. The number of fused-ring (bicyclic) bond motifs is 1. The fraction of sp³-hybridized carbons (Fsp3) is 0.125. The Labute approximate surface area is 188 Å². The minimum Gasteiger partial charge on any atom is -0.397 e. The van der Waals surface area contributed by atoms with Gasteiger partial charge < -0.3 is 11.1 Å². The number of nitrogens with zero attached hydrogens (tertiary/aromatic N) is 1. The largest absolute Gasteiger partial charge is 0.397 e. The van der Waals surface area contributed by atoms with Gasteiger partial charge in [-0.3, -0.25) is 9.59 Å². The van der Waals surface area contributed by atoms with Crippen molar-refractivity contribution in [3.8, 4) is 11.1 Å². The highest BCUT2D eigenvalue weighted by Crippen LogP contribution is 2.42. The molecule has 4 aromatic rings. The number of carbonyl (C=O) groups excluding carboxylic acids is 2. The van der Waals surface area contributed by atoms with Gasteiger partial charge >= 0.3 is 0 Å². The molecule has 2 heterocycles. The number of ketones is 1. The number of anilines is 2. The topological polar surface area (TPSA) is 85.1 Å².